The zero-order valence-corrected chi connectivity index (χ0v) is 11.3. The standard InChI is InChI=1S/C15H18N2O2/c1-15(18)6-8-17(10-15)14-13-9-12(19-2)4-3-11(13)5-7-16-14/h3-5,7,9,18H,6,8,10H2,1-2H3. The first-order chi connectivity index (χ1) is 9.09. The Labute approximate surface area is 112 Å². The summed E-state index contributed by atoms with van der Waals surface area (Å²) in [6.07, 6.45) is 2.59. The molecule has 4 nitrogen and oxygen atoms in total. The van der Waals surface area contributed by atoms with E-state index in [1.54, 1.807) is 7.11 Å². The van der Waals surface area contributed by atoms with Crippen molar-refractivity contribution in [2.45, 2.75) is 18.9 Å². The third-order valence-corrected chi connectivity index (χ3v) is 3.70. The average Bonchev–Trinajstić information content (AvgIpc) is 2.77. The number of benzene rings is 1. The van der Waals surface area contributed by atoms with Crippen LogP contribution in [0.1, 0.15) is 13.3 Å². The number of methoxy groups -OCH3 is 1. The molecule has 1 aromatic carbocycles. The SMILES string of the molecule is COc1ccc2ccnc(N3CCC(C)(O)C3)c2c1. The van der Waals surface area contributed by atoms with E-state index in [9.17, 15) is 5.11 Å². The minimum Gasteiger partial charge on any atom is -0.497 e. The number of hydrogen-bond donors (Lipinski definition) is 1. The van der Waals surface area contributed by atoms with Crippen LogP contribution in [0.3, 0.4) is 0 Å². The fraction of sp³-hybridized carbons (Fsp3) is 0.400. The van der Waals surface area contributed by atoms with E-state index in [2.05, 4.69) is 9.88 Å². The van der Waals surface area contributed by atoms with Crippen LogP contribution in [-0.4, -0.2) is 35.9 Å². The Kier molecular flexibility index (Phi) is 2.82. The lowest BCUT2D eigenvalue weighted by Crippen LogP contribution is -2.30. The number of aromatic nitrogens is 1. The highest BCUT2D eigenvalue weighted by molar-refractivity contribution is 5.93. The van der Waals surface area contributed by atoms with Gasteiger partial charge >= 0.3 is 0 Å². The van der Waals surface area contributed by atoms with E-state index in [1.807, 2.05) is 37.4 Å². The molecule has 0 amide bonds. The molecule has 0 aliphatic carbocycles. The molecule has 0 spiro atoms. The van der Waals surface area contributed by atoms with Gasteiger partial charge in [-0.05, 0) is 36.9 Å². The number of fused-ring (bicyclic) bond motifs is 1. The van der Waals surface area contributed by atoms with Crippen molar-refractivity contribution in [3.63, 3.8) is 0 Å². The summed E-state index contributed by atoms with van der Waals surface area (Å²) < 4.78 is 5.29. The summed E-state index contributed by atoms with van der Waals surface area (Å²) in [4.78, 5) is 6.63. The van der Waals surface area contributed by atoms with Crippen molar-refractivity contribution in [1.29, 1.82) is 0 Å². The van der Waals surface area contributed by atoms with Gasteiger partial charge in [-0.1, -0.05) is 6.07 Å². The maximum absolute atomic E-state index is 10.1. The first-order valence-electron chi connectivity index (χ1n) is 6.49. The number of β-amino-alcohol motifs (C(OH)–C–C–N with tert-alkyl or cyclic N) is 1. The van der Waals surface area contributed by atoms with Crippen molar-refractivity contribution in [2.24, 2.45) is 0 Å². The molecule has 2 heterocycles. The zero-order valence-electron chi connectivity index (χ0n) is 11.3. The molecule has 1 saturated heterocycles. The normalized spacial score (nSPS) is 23.0. The fourth-order valence-corrected chi connectivity index (χ4v) is 2.64. The van der Waals surface area contributed by atoms with Crippen molar-refractivity contribution < 1.29 is 9.84 Å². The molecule has 4 heteroatoms. The Morgan fingerprint density at radius 2 is 2.21 bits per heavy atom. The predicted molar refractivity (Wildman–Crippen MR) is 75.7 cm³/mol. The van der Waals surface area contributed by atoms with Crippen LogP contribution in [0.15, 0.2) is 30.5 Å². The Bertz CT molecular complexity index is 610. The smallest absolute Gasteiger partial charge is 0.136 e. The van der Waals surface area contributed by atoms with Crippen LogP contribution >= 0.6 is 0 Å². The summed E-state index contributed by atoms with van der Waals surface area (Å²) in [6.45, 7) is 3.32. The molecule has 19 heavy (non-hydrogen) atoms. The summed E-state index contributed by atoms with van der Waals surface area (Å²) in [5.41, 5.74) is -0.622. The van der Waals surface area contributed by atoms with Crippen molar-refractivity contribution >= 4 is 16.6 Å². The van der Waals surface area contributed by atoms with Crippen LogP contribution in [0.25, 0.3) is 10.8 Å². The molecule has 1 aliphatic heterocycles. The van der Waals surface area contributed by atoms with Crippen molar-refractivity contribution in [3.05, 3.63) is 30.5 Å². The minimum atomic E-state index is -0.622. The molecule has 1 unspecified atom stereocenters. The summed E-state index contributed by atoms with van der Waals surface area (Å²) in [5, 5.41) is 12.3. The molecule has 1 atom stereocenters. The van der Waals surface area contributed by atoms with Gasteiger partial charge in [0.05, 0.1) is 12.7 Å². The molecule has 1 aliphatic rings. The number of anilines is 1. The molecule has 0 radical (unpaired) electrons. The van der Waals surface area contributed by atoms with Gasteiger partial charge in [0.1, 0.15) is 11.6 Å². The van der Waals surface area contributed by atoms with Crippen LogP contribution in [0, 0.1) is 0 Å². The highest BCUT2D eigenvalue weighted by atomic mass is 16.5. The monoisotopic (exact) mass is 258 g/mol. The highest BCUT2D eigenvalue weighted by Gasteiger charge is 2.32. The number of nitrogens with zero attached hydrogens (tertiary/aromatic N) is 2. The molecule has 2 aromatic rings. The summed E-state index contributed by atoms with van der Waals surface area (Å²) in [5.74, 6) is 1.75. The lowest BCUT2D eigenvalue weighted by Gasteiger charge is -2.21. The topological polar surface area (TPSA) is 45.6 Å². The zero-order chi connectivity index (χ0) is 13.5. The van der Waals surface area contributed by atoms with Crippen molar-refractivity contribution in [3.8, 4) is 5.75 Å². The van der Waals surface area contributed by atoms with Gasteiger partial charge in [0.15, 0.2) is 0 Å². The van der Waals surface area contributed by atoms with Crippen LogP contribution in [0.5, 0.6) is 5.75 Å². The summed E-state index contributed by atoms with van der Waals surface area (Å²) >= 11 is 0. The van der Waals surface area contributed by atoms with E-state index < -0.39 is 5.60 Å². The van der Waals surface area contributed by atoms with Gasteiger partial charge in [-0.15, -0.1) is 0 Å². The second kappa shape index (κ2) is 4.38. The largest absolute Gasteiger partial charge is 0.497 e. The molecule has 3 rings (SSSR count). The maximum atomic E-state index is 10.1. The molecule has 0 bridgehead atoms. The first-order valence-corrected chi connectivity index (χ1v) is 6.49. The number of ether oxygens (including phenoxy) is 1. The van der Waals surface area contributed by atoms with Gasteiger partial charge in [0, 0.05) is 24.7 Å². The molecule has 1 aromatic heterocycles. The number of hydrogen-bond acceptors (Lipinski definition) is 4. The van der Waals surface area contributed by atoms with Crippen LogP contribution < -0.4 is 9.64 Å². The van der Waals surface area contributed by atoms with E-state index in [0.717, 1.165) is 35.3 Å². The van der Waals surface area contributed by atoms with Gasteiger partial charge in [-0.25, -0.2) is 4.98 Å². The maximum Gasteiger partial charge on any atom is 0.136 e. The Morgan fingerprint density at radius 1 is 1.37 bits per heavy atom. The van der Waals surface area contributed by atoms with Crippen LogP contribution in [-0.2, 0) is 0 Å². The fourth-order valence-electron chi connectivity index (χ4n) is 2.64. The molecule has 100 valence electrons. The van der Waals surface area contributed by atoms with E-state index in [-0.39, 0.29) is 0 Å². The second-order valence-electron chi connectivity index (χ2n) is 5.39. The van der Waals surface area contributed by atoms with E-state index in [4.69, 9.17) is 4.74 Å². The Morgan fingerprint density at radius 3 is 2.89 bits per heavy atom. The molecular weight excluding hydrogens is 240 g/mol. The quantitative estimate of drug-likeness (QED) is 0.897. The van der Waals surface area contributed by atoms with Gasteiger partial charge in [0.2, 0.25) is 0 Å². The van der Waals surface area contributed by atoms with Crippen LogP contribution in [0.2, 0.25) is 0 Å². The van der Waals surface area contributed by atoms with Gasteiger partial charge in [0.25, 0.3) is 0 Å². The molecule has 0 saturated carbocycles. The van der Waals surface area contributed by atoms with E-state index >= 15 is 0 Å². The van der Waals surface area contributed by atoms with Crippen molar-refractivity contribution in [1.82, 2.24) is 4.98 Å². The summed E-state index contributed by atoms with van der Waals surface area (Å²) in [6, 6.07) is 7.98. The predicted octanol–water partition coefficient (Wildman–Crippen LogP) is 2.20. The molecule has 1 fully saturated rings. The molecular formula is C15H18N2O2. The number of rotatable bonds is 2. The third-order valence-electron chi connectivity index (χ3n) is 3.70. The number of pyridine rings is 1. The van der Waals surface area contributed by atoms with Gasteiger partial charge < -0.3 is 14.7 Å². The lowest BCUT2D eigenvalue weighted by molar-refractivity contribution is 0.0839. The van der Waals surface area contributed by atoms with E-state index in [0.29, 0.717) is 6.54 Å². The third kappa shape index (κ3) is 2.24. The van der Waals surface area contributed by atoms with E-state index in [1.165, 1.54) is 0 Å². The highest BCUT2D eigenvalue weighted by Crippen LogP contribution is 2.32. The Hall–Kier alpha value is -1.81. The average molecular weight is 258 g/mol. The summed E-state index contributed by atoms with van der Waals surface area (Å²) in [7, 11) is 1.66. The second-order valence-corrected chi connectivity index (χ2v) is 5.39. The van der Waals surface area contributed by atoms with Gasteiger partial charge in [-0.2, -0.15) is 0 Å². The minimum absolute atomic E-state index is 0.621. The van der Waals surface area contributed by atoms with Gasteiger partial charge in [-0.3, -0.25) is 0 Å². The number of aliphatic hydroxyl groups is 1. The first kappa shape index (κ1) is 12.2. The Balaban J connectivity index is 2.08. The lowest BCUT2D eigenvalue weighted by atomic mass is 10.1. The molecule has 1 N–H and O–H groups in total. The van der Waals surface area contributed by atoms with Crippen molar-refractivity contribution in [2.75, 3.05) is 25.1 Å². The van der Waals surface area contributed by atoms with Crippen LogP contribution in [0.4, 0.5) is 5.82 Å².